The fraction of sp³-hybridized carbons (Fsp3) is 0.889. The van der Waals surface area contributed by atoms with Gasteiger partial charge in [0.1, 0.15) is 6.10 Å². The molecule has 6 atom stereocenters. The second kappa shape index (κ2) is 2.48. The molecule has 0 radical (unpaired) electrons. The second-order valence-electron chi connectivity index (χ2n) is 4.28. The number of hydrogen-bond acceptors (Lipinski definition) is 3. The fourth-order valence-corrected chi connectivity index (χ4v) is 4.48. The molecule has 3 fully saturated rings. The van der Waals surface area contributed by atoms with Gasteiger partial charge in [0, 0.05) is 12.5 Å². The lowest BCUT2D eigenvalue weighted by Gasteiger charge is -2.26. The van der Waals surface area contributed by atoms with Crippen molar-refractivity contribution in [3.05, 3.63) is 0 Å². The van der Waals surface area contributed by atoms with Gasteiger partial charge in [-0.15, -0.1) is 0 Å². The maximum atomic E-state index is 11.5. The van der Waals surface area contributed by atoms with Crippen LogP contribution in [0, 0.1) is 23.7 Å². The monoisotopic (exact) mass is 246 g/mol. The summed E-state index contributed by atoms with van der Waals surface area (Å²) in [5.41, 5.74) is 0. The summed E-state index contributed by atoms with van der Waals surface area (Å²) in [5, 5.41) is 9.22. The van der Waals surface area contributed by atoms with Crippen molar-refractivity contribution in [3.8, 4) is 0 Å². The van der Waals surface area contributed by atoms with Gasteiger partial charge in [-0.1, -0.05) is 15.9 Å². The van der Waals surface area contributed by atoms with E-state index in [0.29, 0.717) is 11.8 Å². The first kappa shape index (κ1) is 8.24. The number of hydrogen-bond donors (Lipinski definition) is 1. The standard InChI is InChI=1S/C9H11BrO3/c10-7-3-1-4-6(5(3)2-11)9(12)13-8(4)7/h3-8,11H,1-2H2. The number of ether oxygens (including phenoxy) is 1. The van der Waals surface area contributed by atoms with Gasteiger partial charge in [0.05, 0.1) is 10.7 Å². The molecule has 4 heteroatoms. The summed E-state index contributed by atoms with van der Waals surface area (Å²) in [6.45, 7) is 0.121. The summed E-state index contributed by atoms with van der Waals surface area (Å²) in [5.74, 6) is 0.864. The lowest BCUT2D eigenvalue weighted by molar-refractivity contribution is -0.144. The molecule has 0 aromatic heterocycles. The van der Waals surface area contributed by atoms with Gasteiger partial charge >= 0.3 is 5.97 Å². The topological polar surface area (TPSA) is 46.5 Å². The number of rotatable bonds is 1. The Bertz CT molecular complexity index is 268. The van der Waals surface area contributed by atoms with Gasteiger partial charge in [0.2, 0.25) is 0 Å². The van der Waals surface area contributed by atoms with Crippen molar-refractivity contribution in [2.45, 2.75) is 17.4 Å². The predicted octanol–water partition coefficient (Wildman–Crippen LogP) is 0.550. The van der Waals surface area contributed by atoms with E-state index in [1.54, 1.807) is 0 Å². The van der Waals surface area contributed by atoms with Gasteiger partial charge in [-0.3, -0.25) is 4.79 Å². The lowest BCUT2D eigenvalue weighted by atomic mass is 9.80. The van der Waals surface area contributed by atoms with E-state index in [2.05, 4.69) is 15.9 Å². The molecule has 13 heavy (non-hydrogen) atoms. The molecule has 6 unspecified atom stereocenters. The largest absolute Gasteiger partial charge is 0.461 e. The molecule has 0 amide bonds. The highest BCUT2D eigenvalue weighted by Crippen LogP contribution is 2.59. The number of alkyl halides is 1. The van der Waals surface area contributed by atoms with Crippen molar-refractivity contribution in [2.24, 2.45) is 23.7 Å². The summed E-state index contributed by atoms with van der Waals surface area (Å²) >= 11 is 3.57. The summed E-state index contributed by atoms with van der Waals surface area (Å²) < 4.78 is 5.29. The van der Waals surface area contributed by atoms with Crippen molar-refractivity contribution in [3.63, 3.8) is 0 Å². The van der Waals surface area contributed by atoms with E-state index in [0.717, 1.165) is 6.42 Å². The van der Waals surface area contributed by atoms with Crippen LogP contribution in [0.3, 0.4) is 0 Å². The molecular weight excluding hydrogens is 236 g/mol. The Morgan fingerprint density at radius 3 is 3.00 bits per heavy atom. The molecule has 1 aliphatic heterocycles. The molecule has 1 N–H and O–H groups in total. The number of fused-ring (bicyclic) bond motifs is 1. The van der Waals surface area contributed by atoms with E-state index in [-0.39, 0.29) is 35.3 Å². The van der Waals surface area contributed by atoms with Crippen molar-refractivity contribution in [1.29, 1.82) is 0 Å². The van der Waals surface area contributed by atoms with Crippen LogP contribution in [0.4, 0.5) is 0 Å². The Labute approximate surface area is 84.6 Å². The number of aliphatic hydroxyl groups excluding tert-OH is 1. The van der Waals surface area contributed by atoms with Crippen LogP contribution in [0.2, 0.25) is 0 Å². The molecular formula is C9H11BrO3. The van der Waals surface area contributed by atoms with Crippen LogP contribution >= 0.6 is 15.9 Å². The molecule has 3 rings (SSSR count). The molecule has 3 nitrogen and oxygen atoms in total. The van der Waals surface area contributed by atoms with Gasteiger partial charge in [0.25, 0.3) is 0 Å². The maximum Gasteiger partial charge on any atom is 0.310 e. The SMILES string of the molecule is O=C1OC2C(Br)C3CC2C1C3CO. The smallest absolute Gasteiger partial charge is 0.310 e. The van der Waals surface area contributed by atoms with E-state index in [1.165, 1.54) is 0 Å². The van der Waals surface area contributed by atoms with Gasteiger partial charge < -0.3 is 9.84 Å². The average molecular weight is 247 g/mol. The summed E-state index contributed by atoms with van der Waals surface area (Å²) in [6, 6.07) is 0. The molecule has 1 heterocycles. The van der Waals surface area contributed by atoms with Crippen molar-refractivity contribution >= 4 is 21.9 Å². The minimum atomic E-state index is -0.0847. The molecule has 0 aromatic rings. The van der Waals surface area contributed by atoms with Crippen LogP contribution in [-0.2, 0) is 9.53 Å². The Morgan fingerprint density at radius 1 is 1.54 bits per heavy atom. The predicted molar refractivity (Wildman–Crippen MR) is 48.3 cm³/mol. The summed E-state index contributed by atoms with van der Waals surface area (Å²) in [7, 11) is 0. The van der Waals surface area contributed by atoms with Gasteiger partial charge in [-0.2, -0.15) is 0 Å². The zero-order valence-electron chi connectivity index (χ0n) is 7.02. The third kappa shape index (κ3) is 0.814. The number of carbonyl (C=O) groups excluding carboxylic acids is 1. The normalized spacial score (nSPS) is 57.2. The zero-order valence-corrected chi connectivity index (χ0v) is 8.61. The molecule has 2 aliphatic carbocycles. The maximum absolute atomic E-state index is 11.5. The van der Waals surface area contributed by atoms with Gasteiger partial charge in [-0.25, -0.2) is 0 Å². The van der Waals surface area contributed by atoms with Crippen molar-refractivity contribution in [2.75, 3.05) is 6.61 Å². The summed E-state index contributed by atoms with van der Waals surface area (Å²) in [6.07, 6.45) is 1.13. The van der Waals surface area contributed by atoms with E-state index in [1.807, 2.05) is 0 Å². The zero-order chi connectivity index (χ0) is 9.16. The first-order valence-corrected chi connectivity index (χ1v) is 5.61. The van der Waals surface area contributed by atoms with Crippen LogP contribution in [0.5, 0.6) is 0 Å². The first-order chi connectivity index (χ1) is 6.24. The number of aliphatic hydroxyl groups is 1. The highest BCUT2D eigenvalue weighted by Gasteiger charge is 2.65. The van der Waals surface area contributed by atoms with Crippen LogP contribution < -0.4 is 0 Å². The second-order valence-corrected chi connectivity index (χ2v) is 5.34. The van der Waals surface area contributed by atoms with Crippen LogP contribution in [0.1, 0.15) is 6.42 Å². The summed E-state index contributed by atoms with van der Waals surface area (Å²) in [4.78, 5) is 11.7. The quantitative estimate of drug-likeness (QED) is 0.543. The average Bonchev–Trinajstić information content (AvgIpc) is 2.68. The fourth-order valence-electron chi connectivity index (χ4n) is 3.37. The van der Waals surface area contributed by atoms with Crippen LogP contribution in [0.25, 0.3) is 0 Å². The lowest BCUT2D eigenvalue weighted by Crippen LogP contribution is -2.35. The highest BCUT2D eigenvalue weighted by atomic mass is 79.9. The van der Waals surface area contributed by atoms with Crippen LogP contribution in [-0.4, -0.2) is 28.6 Å². The molecule has 0 aromatic carbocycles. The first-order valence-electron chi connectivity index (χ1n) is 4.69. The van der Waals surface area contributed by atoms with Crippen molar-refractivity contribution < 1.29 is 14.6 Å². The minimum absolute atomic E-state index is 0.00574. The molecule has 2 bridgehead atoms. The van der Waals surface area contributed by atoms with Crippen molar-refractivity contribution in [1.82, 2.24) is 0 Å². The Balaban J connectivity index is 2.01. The number of carbonyl (C=O) groups is 1. The highest BCUT2D eigenvalue weighted by molar-refractivity contribution is 9.09. The molecule has 1 saturated heterocycles. The molecule has 72 valence electrons. The van der Waals surface area contributed by atoms with Crippen LogP contribution in [0.15, 0.2) is 0 Å². The number of esters is 1. The Kier molecular flexibility index (Phi) is 1.57. The van der Waals surface area contributed by atoms with Gasteiger partial charge in [0.15, 0.2) is 0 Å². The minimum Gasteiger partial charge on any atom is -0.461 e. The van der Waals surface area contributed by atoms with E-state index < -0.39 is 0 Å². The third-order valence-electron chi connectivity index (χ3n) is 3.90. The van der Waals surface area contributed by atoms with Gasteiger partial charge in [-0.05, 0) is 18.3 Å². The Morgan fingerprint density at radius 2 is 2.31 bits per heavy atom. The molecule has 3 aliphatic rings. The molecule has 0 spiro atoms. The van der Waals surface area contributed by atoms with E-state index in [9.17, 15) is 9.90 Å². The van der Waals surface area contributed by atoms with E-state index in [4.69, 9.17) is 4.74 Å². The van der Waals surface area contributed by atoms with E-state index >= 15 is 0 Å². The Hall–Kier alpha value is -0.0900. The molecule has 2 saturated carbocycles. The third-order valence-corrected chi connectivity index (χ3v) is 5.10. The number of halogens is 1.